The Hall–Kier alpha value is -1.72. The van der Waals surface area contributed by atoms with Crippen molar-refractivity contribution in [2.45, 2.75) is 25.8 Å². The molecule has 2 saturated heterocycles. The minimum absolute atomic E-state index is 0.0344. The predicted molar refractivity (Wildman–Crippen MR) is 85.6 cm³/mol. The first-order valence-electron chi connectivity index (χ1n) is 7.96. The number of nitrogens with one attached hydrogen (secondary N) is 2. The van der Waals surface area contributed by atoms with Gasteiger partial charge in [0.1, 0.15) is 0 Å². The summed E-state index contributed by atoms with van der Waals surface area (Å²) in [6.45, 7) is 3.55. The number of hydrogen-bond acceptors (Lipinski definition) is 4. The van der Waals surface area contributed by atoms with E-state index in [1.807, 2.05) is 31.3 Å². The molecule has 2 heterocycles. The van der Waals surface area contributed by atoms with E-state index >= 15 is 0 Å². The van der Waals surface area contributed by atoms with E-state index in [9.17, 15) is 9.59 Å². The largest absolute Gasteiger partial charge is 0.317 e. The highest BCUT2D eigenvalue weighted by atomic mass is 16.2. The summed E-state index contributed by atoms with van der Waals surface area (Å²) in [5, 5.41) is 6.42. The van der Waals surface area contributed by atoms with Crippen molar-refractivity contribution in [3.63, 3.8) is 0 Å². The van der Waals surface area contributed by atoms with Gasteiger partial charge in [0.25, 0.3) is 0 Å². The average Bonchev–Trinajstić information content (AvgIpc) is 2.80. The number of carbonyl (C=O) groups excluding carboxylic acids is 2. The fourth-order valence-corrected chi connectivity index (χ4v) is 3.35. The molecule has 0 bridgehead atoms. The van der Waals surface area contributed by atoms with Crippen molar-refractivity contribution in [2.24, 2.45) is 11.8 Å². The van der Waals surface area contributed by atoms with Gasteiger partial charge in [-0.25, -0.2) is 0 Å². The minimum Gasteiger partial charge on any atom is -0.317 e. The van der Waals surface area contributed by atoms with Gasteiger partial charge < -0.3 is 10.6 Å². The Labute approximate surface area is 131 Å². The molecule has 118 valence electrons. The molecule has 0 saturated carbocycles. The molecule has 3 atom stereocenters. The number of likely N-dealkylation sites (N-methyl/N-ethyl adjacent to an activating group) is 1. The van der Waals surface area contributed by atoms with Gasteiger partial charge in [-0.1, -0.05) is 12.1 Å². The molecule has 2 aliphatic rings. The van der Waals surface area contributed by atoms with E-state index in [4.69, 9.17) is 0 Å². The van der Waals surface area contributed by atoms with Crippen LogP contribution in [0.3, 0.4) is 0 Å². The van der Waals surface area contributed by atoms with Crippen molar-refractivity contribution in [1.82, 2.24) is 10.6 Å². The summed E-state index contributed by atoms with van der Waals surface area (Å²) in [6.07, 6.45) is 1.68. The maximum atomic E-state index is 12.5. The standard InChI is InChI=1S/C17H23N3O2/c1-11(18-2)9-12-3-5-13(6-4-12)20-16(21)14-7-8-19-10-15(14)17(20)22/h3-6,11,14-15,18-19H,7-10H2,1-2H3. The normalized spacial score (nSPS) is 26.2. The molecular weight excluding hydrogens is 278 g/mol. The first-order chi connectivity index (χ1) is 10.6. The first kappa shape index (κ1) is 15.2. The monoisotopic (exact) mass is 301 g/mol. The lowest BCUT2D eigenvalue weighted by Gasteiger charge is -2.21. The molecule has 1 aromatic carbocycles. The summed E-state index contributed by atoms with van der Waals surface area (Å²) in [5.41, 5.74) is 1.90. The number of carbonyl (C=O) groups is 2. The number of fused-ring (bicyclic) bond motifs is 1. The van der Waals surface area contributed by atoms with E-state index < -0.39 is 0 Å². The van der Waals surface area contributed by atoms with E-state index in [0.29, 0.717) is 18.3 Å². The zero-order valence-electron chi connectivity index (χ0n) is 13.1. The van der Waals surface area contributed by atoms with Gasteiger partial charge in [0.05, 0.1) is 17.5 Å². The summed E-state index contributed by atoms with van der Waals surface area (Å²) < 4.78 is 0. The molecule has 5 heteroatoms. The molecule has 1 aromatic rings. The third-order valence-corrected chi connectivity index (χ3v) is 4.79. The van der Waals surface area contributed by atoms with Crippen molar-refractivity contribution in [3.05, 3.63) is 29.8 Å². The van der Waals surface area contributed by atoms with E-state index in [1.54, 1.807) is 0 Å². The Kier molecular flexibility index (Phi) is 4.27. The van der Waals surface area contributed by atoms with Gasteiger partial charge in [-0.15, -0.1) is 0 Å². The van der Waals surface area contributed by atoms with Crippen LogP contribution in [0.5, 0.6) is 0 Å². The van der Waals surface area contributed by atoms with Gasteiger partial charge in [0, 0.05) is 12.6 Å². The van der Waals surface area contributed by atoms with Crippen LogP contribution in [0, 0.1) is 11.8 Å². The van der Waals surface area contributed by atoms with Crippen LogP contribution in [-0.2, 0) is 16.0 Å². The van der Waals surface area contributed by atoms with E-state index in [-0.39, 0.29) is 23.7 Å². The van der Waals surface area contributed by atoms with Crippen molar-refractivity contribution in [2.75, 3.05) is 25.0 Å². The number of anilines is 1. The Morgan fingerprint density at radius 3 is 2.55 bits per heavy atom. The van der Waals surface area contributed by atoms with Gasteiger partial charge >= 0.3 is 0 Å². The lowest BCUT2D eigenvalue weighted by Crippen LogP contribution is -2.38. The van der Waals surface area contributed by atoms with Crippen LogP contribution in [0.25, 0.3) is 0 Å². The van der Waals surface area contributed by atoms with E-state index in [0.717, 1.165) is 19.4 Å². The van der Waals surface area contributed by atoms with Crippen molar-refractivity contribution < 1.29 is 9.59 Å². The molecule has 2 amide bonds. The zero-order valence-corrected chi connectivity index (χ0v) is 13.1. The molecule has 0 aromatic heterocycles. The quantitative estimate of drug-likeness (QED) is 0.813. The molecule has 0 aliphatic carbocycles. The molecule has 0 radical (unpaired) electrons. The molecule has 22 heavy (non-hydrogen) atoms. The van der Waals surface area contributed by atoms with E-state index in [2.05, 4.69) is 17.6 Å². The molecular formula is C17H23N3O2. The van der Waals surface area contributed by atoms with Crippen molar-refractivity contribution in [3.8, 4) is 0 Å². The highest BCUT2D eigenvalue weighted by Gasteiger charge is 2.48. The second kappa shape index (κ2) is 6.18. The van der Waals surface area contributed by atoms with Gasteiger partial charge in [-0.3, -0.25) is 14.5 Å². The highest BCUT2D eigenvalue weighted by Crippen LogP contribution is 2.34. The van der Waals surface area contributed by atoms with Gasteiger partial charge in [-0.2, -0.15) is 0 Å². The maximum absolute atomic E-state index is 12.5. The lowest BCUT2D eigenvalue weighted by atomic mass is 9.89. The number of benzene rings is 1. The topological polar surface area (TPSA) is 61.4 Å². The second-order valence-corrected chi connectivity index (χ2v) is 6.28. The van der Waals surface area contributed by atoms with Crippen LogP contribution >= 0.6 is 0 Å². The predicted octanol–water partition coefficient (Wildman–Crippen LogP) is 0.936. The molecule has 2 fully saturated rings. The van der Waals surface area contributed by atoms with Crippen LogP contribution in [0.1, 0.15) is 18.9 Å². The smallest absolute Gasteiger partial charge is 0.238 e. The van der Waals surface area contributed by atoms with Gasteiger partial charge in [0.15, 0.2) is 0 Å². The Balaban J connectivity index is 1.79. The summed E-state index contributed by atoms with van der Waals surface area (Å²) in [7, 11) is 1.94. The van der Waals surface area contributed by atoms with Crippen LogP contribution in [0.4, 0.5) is 5.69 Å². The van der Waals surface area contributed by atoms with Crippen LogP contribution in [0.2, 0.25) is 0 Å². The van der Waals surface area contributed by atoms with Gasteiger partial charge in [-0.05, 0) is 51.1 Å². The fraction of sp³-hybridized carbons (Fsp3) is 0.529. The van der Waals surface area contributed by atoms with Crippen molar-refractivity contribution >= 4 is 17.5 Å². The molecule has 2 aliphatic heterocycles. The third-order valence-electron chi connectivity index (χ3n) is 4.79. The van der Waals surface area contributed by atoms with Crippen LogP contribution in [-0.4, -0.2) is 38.0 Å². The number of amides is 2. The summed E-state index contributed by atoms with van der Waals surface area (Å²) >= 11 is 0. The van der Waals surface area contributed by atoms with Crippen LogP contribution < -0.4 is 15.5 Å². The number of rotatable bonds is 4. The molecule has 2 N–H and O–H groups in total. The summed E-state index contributed by atoms with van der Waals surface area (Å²) in [5.74, 6) is -0.422. The van der Waals surface area contributed by atoms with E-state index in [1.165, 1.54) is 10.5 Å². The zero-order chi connectivity index (χ0) is 15.7. The lowest BCUT2D eigenvalue weighted by molar-refractivity contribution is -0.122. The average molecular weight is 301 g/mol. The Morgan fingerprint density at radius 2 is 1.91 bits per heavy atom. The maximum Gasteiger partial charge on any atom is 0.238 e. The van der Waals surface area contributed by atoms with Crippen LogP contribution in [0.15, 0.2) is 24.3 Å². The SMILES string of the molecule is CNC(C)Cc1ccc(N2C(=O)C3CCNCC3C2=O)cc1. The minimum atomic E-state index is -0.190. The number of imide groups is 1. The number of nitrogens with zero attached hydrogens (tertiary/aromatic N) is 1. The Morgan fingerprint density at radius 1 is 1.23 bits per heavy atom. The fourth-order valence-electron chi connectivity index (χ4n) is 3.35. The second-order valence-electron chi connectivity index (χ2n) is 6.28. The molecule has 5 nitrogen and oxygen atoms in total. The number of piperidine rings is 1. The third kappa shape index (κ3) is 2.66. The Bertz CT molecular complexity index is 546. The molecule has 3 unspecified atom stereocenters. The first-order valence-corrected chi connectivity index (χ1v) is 7.96. The molecule has 0 spiro atoms. The van der Waals surface area contributed by atoms with Crippen molar-refractivity contribution in [1.29, 1.82) is 0 Å². The summed E-state index contributed by atoms with van der Waals surface area (Å²) in [4.78, 5) is 26.4. The molecule has 3 rings (SSSR count). The van der Waals surface area contributed by atoms with Gasteiger partial charge in [0.2, 0.25) is 11.8 Å². The number of hydrogen-bond donors (Lipinski definition) is 2. The highest BCUT2D eigenvalue weighted by molar-refractivity contribution is 6.22. The summed E-state index contributed by atoms with van der Waals surface area (Å²) in [6, 6.07) is 8.18.